The number of nitrogens with zero attached hydrogens (tertiary/aromatic N) is 1. The molecule has 1 aromatic heterocycles. The monoisotopic (exact) mass is 320 g/mol. The SMILES string of the molecule is O=C(NC1CCC(Oc2ccccn2)CC1)OC1CCOCC1. The summed E-state index contributed by atoms with van der Waals surface area (Å²) < 4.78 is 16.6. The van der Waals surface area contributed by atoms with E-state index in [0.717, 1.165) is 38.5 Å². The molecular weight excluding hydrogens is 296 g/mol. The molecule has 1 aliphatic heterocycles. The summed E-state index contributed by atoms with van der Waals surface area (Å²) in [6, 6.07) is 5.83. The van der Waals surface area contributed by atoms with E-state index in [2.05, 4.69) is 10.3 Å². The molecule has 1 saturated carbocycles. The van der Waals surface area contributed by atoms with E-state index < -0.39 is 0 Å². The van der Waals surface area contributed by atoms with Gasteiger partial charge in [0.15, 0.2) is 0 Å². The minimum absolute atomic E-state index is 0.00687. The highest BCUT2D eigenvalue weighted by Gasteiger charge is 2.25. The normalized spacial score (nSPS) is 25.6. The standard InChI is InChI=1S/C17H24N2O4/c20-17(23-15-8-11-21-12-9-15)19-13-4-6-14(7-5-13)22-16-3-1-2-10-18-16/h1-3,10,13-15H,4-9,11-12H2,(H,19,20). The smallest absolute Gasteiger partial charge is 0.407 e. The second-order valence-corrected chi connectivity index (χ2v) is 6.12. The molecule has 6 heteroatoms. The van der Waals surface area contributed by atoms with Crippen LogP contribution < -0.4 is 10.1 Å². The molecule has 1 aromatic rings. The number of pyridine rings is 1. The zero-order valence-electron chi connectivity index (χ0n) is 13.3. The third-order valence-electron chi connectivity index (χ3n) is 4.36. The summed E-state index contributed by atoms with van der Waals surface area (Å²) >= 11 is 0. The van der Waals surface area contributed by atoms with Crippen LogP contribution in [0.1, 0.15) is 38.5 Å². The quantitative estimate of drug-likeness (QED) is 0.923. The summed E-state index contributed by atoms with van der Waals surface area (Å²) in [5.74, 6) is 0.669. The number of hydrogen-bond donors (Lipinski definition) is 1. The predicted octanol–water partition coefficient (Wildman–Crippen LogP) is 2.68. The van der Waals surface area contributed by atoms with E-state index in [4.69, 9.17) is 14.2 Å². The van der Waals surface area contributed by atoms with Gasteiger partial charge in [-0.25, -0.2) is 9.78 Å². The van der Waals surface area contributed by atoms with E-state index in [9.17, 15) is 4.79 Å². The molecule has 0 aromatic carbocycles. The van der Waals surface area contributed by atoms with Crippen molar-refractivity contribution in [2.75, 3.05) is 13.2 Å². The Bertz CT molecular complexity index is 483. The first-order valence-corrected chi connectivity index (χ1v) is 8.42. The Morgan fingerprint density at radius 1 is 1.09 bits per heavy atom. The van der Waals surface area contributed by atoms with Crippen molar-refractivity contribution in [3.8, 4) is 5.88 Å². The van der Waals surface area contributed by atoms with E-state index >= 15 is 0 Å². The highest BCUT2D eigenvalue weighted by Crippen LogP contribution is 2.23. The molecule has 0 bridgehead atoms. The van der Waals surface area contributed by atoms with Crippen LogP contribution in [-0.2, 0) is 9.47 Å². The number of nitrogens with one attached hydrogen (secondary N) is 1. The Morgan fingerprint density at radius 3 is 2.57 bits per heavy atom. The second-order valence-electron chi connectivity index (χ2n) is 6.12. The number of aromatic nitrogens is 1. The fraction of sp³-hybridized carbons (Fsp3) is 0.647. The number of ether oxygens (including phenoxy) is 3. The van der Waals surface area contributed by atoms with Crippen molar-refractivity contribution in [2.24, 2.45) is 0 Å². The van der Waals surface area contributed by atoms with E-state index in [1.807, 2.05) is 18.2 Å². The van der Waals surface area contributed by atoms with Crippen LogP contribution in [0.15, 0.2) is 24.4 Å². The van der Waals surface area contributed by atoms with Crippen LogP contribution in [0.2, 0.25) is 0 Å². The molecule has 1 aliphatic carbocycles. The maximum atomic E-state index is 11.9. The van der Waals surface area contributed by atoms with Crippen LogP contribution in [0.3, 0.4) is 0 Å². The molecule has 0 spiro atoms. The van der Waals surface area contributed by atoms with E-state index in [0.29, 0.717) is 19.1 Å². The summed E-state index contributed by atoms with van der Waals surface area (Å²) in [5, 5.41) is 2.98. The third kappa shape index (κ3) is 5.10. The van der Waals surface area contributed by atoms with Crippen LogP contribution in [-0.4, -0.2) is 42.5 Å². The molecule has 23 heavy (non-hydrogen) atoms. The van der Waals surface area contributed by atoms with Gasteiger partial charge in [0.05, 0.1) is 13.2 Å². The van der Waals surface area contributed by atoms with Crippen molar-refractivity contribution in [3.63, 3.8) is 0 Å². The minimum Gasteiger partial charge on any atom is -0.474 e. The van der Waals surface area contributed by atoms with Gasteiger partial charge < -0.3 is 19.5 Å². The van der Waals surface area contributed by atoms with Crippen molar-refractivity contribution in [1.82, 2.24) is 10.3 Å². The highest BCUT2D eigenvalue weighted by molar-refractivity contribution is 5.67. The van der Waals surface area contributed by atoms with Crippen molar-refractivity contribution < 1.29 is 19.0 Å². The maximum absolute atomic E-state index is 11.9. The largest absolute Gasteiger partial charge is 0.474 e. The summed E-state index contributed by atoms with van der Waals surface area (Å²) in [4.78, 5) is 16.1. The van der Waals surface area contributed by atoms with Gasteiger partial charge in [0.1, 0.15) is 12.2 Å². The number of amides is 1. The molecule has 0 atom stereocenters. The van der Waals surface area contributed by atoms with E-state index in [-0.39, 0.29) is 24.3 Å². The average molecular weight is 320 g/mol. The van der Waals surface area contributed by atoms with Crippen LogP contribution in [0, 0.1) is 0 Å². The van der Waals surface area contributed by atoms with Gasteiger partial charge in [-0.2, -0.15) is 0 Å². The average Bonchev–Trinajstić information content (AvgIpc) is 2.58. The zero-order valence-corrected chi connectivity index (χ0v) is 13.3. The molecular formula is C17H24N2O4. The van der Waals surface area contributed by atoms with Gasteiger partial charge in [0, 0.05) is 31.1 Å². The van der Waals surface area contributed by atoms with Crippen molar-refractivity contribution >= 4 is 6.09 Å². The molecule has 0 unspecified atom stereocenters. The Kier molecular flexibility index (Phi) is 5.69. The van der Waals surface area contributed by atoms with Crippen LogP contribution >= 0.6 is 0 Å². The summed E-state index contributed by atoms with van der Waals surface area (Å²) in [6.45, 7) is 1.35. The van der Waals surface area contributed by atoms with E-state index in [1.54, 1.807) is 6.20 Å². The first kappa shape index (κ1) is 16.1. The molecule has 3 rings (SSSR count). The number of carbonyl (C=O) groups is 1. The number of rotatable bonds is 4. The molecule has 2 fully saturated rings. The van der Waals surface area contributed by atoms with Gasteiger partial charge in [-0.1, -0.05) is 6.07 Å². The Balaban J connectivity index is 1.36. The summed E-state index contributed by atoms with van der Waals surface area (Å²) in [6.07, 6.45) is 6.82. The lowest BCUT2D eigenvalue weighted by Gasteiger charge is -2.30. The molecule has 1 saturated heterocycles. The number of hydrogen-bond acceptors (Lipinski definition) is 5. The third-order valence-corrected chi connectivity index (χ3v) is 4.36. The lowest BCUT2D eigenvalue weighted by molar-refractivity contribution is -0.0000337. The second kappa shape index (κ2) is 8.15. The molecule has 2 heterocycles. The van der Waals surface area contributed by atoms with Gasteiger partial charge in [0.2, 0.25) is 5.88 Å². The molecule has 1 amide bonds. The van der Waals surface area contributed by atoms with Crippen molar-refractivity contribution in [3.05, 3.63) is 24.4 Å². The predicted molar refractivity (Wildman–Crippen MR) is 84.4 cm³/mol. The van der Waals surface area contributed by atoms with Crippen LogP contribution in [0.25, 0.3) is 0 Å². The van der Waals surface area contributed by atoms with Gasteiger partial charge >= 0.3 is 6.09 Å². The number of carbonyl (C=O) groups excluding carboxylic acids is 1. The maximum Gasteiger partial charge on any atom is 0.407 e. The zero-order chi connectivity index (χ0) is 15.9. The lowest BCUT2D eigenvalue weighted by atomic mass is 9.93. The van der Waals surface area contributed by atoms with Crippen molar-refractivity contribution in [2.45, 2.75) is 56.8 Å². The lowest BCUT2D eigenvalue weighted by Crippen LogP contribution is -2.41. The topological polar surface area (TPSA) is 69.7 Å². The first-order valence-electron chi connectivity index (χ1n) is 8.42. The fourth-order valence-corrected chi connectivity index (χ4v) is 3.06. The van der Waals surface area contributed by atoms with Crippen LogP contribution in [0.5, 0.6) is 5.88 Å². The Labute approximate surface area is 136 Å². The minimum atomic E-state index is -0.300. The fourth-order valence-electron chi connectivity index (χ4n) is 3.06. The molecule has 0 radical (unpaired) electrons. The Hall–Kier alpha value is -1.82. The van der Waals surface area contributed by atoms with Crippen LogP contribution in [0.4, 0.5) is 4.79 Å². The van der Waals surface area contributed by atoms with Gasteiger partial charge in [0.25, 0.3) is 0 Å². The first-order chi connectivity index (χ1) is 11.3. The van der Waals surface area contributed by atoms with Gasteiger partial charge in [-0.3, -0.25) is 0 Å². The Morgan fingerprint density at radius 2 is 1.87 bits per heavy atom. The molecule has 1 N–H and O–H groups in total. The van der Waals surface area contributed by atoms with Gasteiger partial charge in [-0.05, 0) is 31.7 Å². The highest BCUT2D eigenvalue weighted by atomic mass is 16.6. The van der Waals surface area contributed by atoms with Gasteiger partial charge in [-0.15, -0.1) is 0 Å². The number of alkyl carbamates (subject to hydrolysis) is 1. The summed E-state index contributed by atoms with van der Waals surface area (Å²) in [5.41, 5.74) is 0. The van der Waals surface area contributed by atoms with Crippen molar-refractivity contribution in [1.29, 1.82) is 0 Å². The van der Waals surface area contributed by atoms with E-state index in [1.165, 1.54) is 0 Å². The molecule has 2 aliphatic rings. The molecule has 126 valence electrons. The summed E-state index contributed by atoms with van der Waals surface area (Å²) in [7, 11) is 0. The molecule has 6 nitrogen and oxygen atoms in total.